The molecule has 0 aromatic carbocycles. The zero-order valence-electron chi connectivity index (χ0n) is 11.1. The minimum Gasteiger partial charge on any atom is -0.480 e. The third-order valence-electron chi connectivity index (χ3n) is 2.68. The first-order chi connectivity index (χ1) is 9.02. The molecule has 0 aliphatic carbocycles. The molecule has 0 fully saturated rings. The van der Waals surface area contributed by atoms with Crippen molar-refractivity contribution in [1.82, 2.24) is 20.6 Å². The Balaban J connectivity index is 2.49. The monoisotopic (exact) mass is 268 g/mol. The molecule has 0 aliphatic rings. The molecule has 2 amide bonds. The standard InChI is InChI=1S/C12H20N4O3/c1-3-4-8(2)15-12(19)16-10(11(17)18)5-9-6-13-7-14-9/h6-8,10H,3-5H2,1-2H3,(H,13,14)(H,17,18)(H2,15,16,19)/t8?,10-/m1/s1. The van der Waals surface area contributed by atoms with Crippen LogP contribution in [0.15, 0.2) is 12.5 Å². The fourth-order valence-corrected chi connectivity index (χ4v) is 1.75. The average Bonchev–Trinajstić information content (AvgIpc) is 2.80. The lowest BCUT2D eigenvalue weighted by Gasteiger charge is -2.17. The van der Waals surface area contributed by atoms with Gasteiger partial charge in [-0.15, -0.1) is 0 Å². The van der Waals surface area contributed by atoms with Crippen LogP contribution >= 0.6 is 0 Å². The molecule has 0 aliphatic heterocycles. The summed E-state index contributed by atoms with van der Waals surface area (Å²) in [6.45, 7) is 3.90. The van der Waals surface area contributed by atoms with Gasteiger partial charge in [0.05, 0.1) is 6.33 Å². The number of carboxylic acid groups (broad SMARTS) is 1. The number of aromatic amines is 1. The summed E-state index contributed by atoms with van der Waals surface area (Å²) in [5, 5.41) is 14.2. The highest BCUT2D eigenvalue weighted by atomic mass is 16.4. The first-order valence-corrected chi connectivity index (χ1v) is 6.30. The van der Waals surface area contributed by atoms with Gasteiger partial charge < -0.3 is 20.7 Å². The number of hydrogen-bond acceptors (Lipinski definition) is 3. The van der Waals surface area contributed by atoms with Crippen molar-refractivity contribution in [3.63, 3.8) is 0 Å². The number of carbonyl (C=O) groups is 2. The molecule has 2 atom stereocenters. The Kier molecular flexibility index (Phi) is 5.84. The summed E-state index contributed by atoms with van der Waals surface area (Å²) in [5.41, 5.74) is 0.661. The van der Waals surface area contributed by atoms with Gasteiger partial charge in [0.2, 0.25) is 0 Å². The Morgan fingerprint density at radius 1 is 1.47 bits per heavy atom. The van der Waals surface area contributed by atoms with Gasteiger partial charge in [-0.3, -0.25) is 0 Å². The highest BCUT2D eigenvalue weighted by molar-refractivity contribution is 5.82. The number of urea groups is 1. The highest BCUT2D eigenvalue weighted by Gasteiger charge is 2.21. The van der Waals surface area contributed by atoms with Crippen LogP contribution in [0.5, 0.6) is 0 Å². The van der Waals surface area contributed by atoms with Crippen molar-refractivity contribution in [2.75, 3.05) is 0 Å². The zero-order chi connectivity index (χ0) is 14.3. The van der Waals surface area contributed by atoms with Gasteiger partial charge in [0.15, 0.2) is 0 Å². The van der Waals surface area contributed by atoms with E-state index in [2.05, 4.69) is 20.6 Å². The maximum Gasteiger partial charge on any atom is 0.326 e. The SMILES string of the molecule is CCCC(C)NC(=O)N[C@H](Cc1cnc[nH]1)C(=O)O. The van der Waals surface area contributed by atoms with Crippen LogP contribution in [0.4, 0.5) is 4.79 Å². The smallest absolute Gasteiger partial charge is 0.326 e. The molecular weight excluding hydrogens is 248 g/mol. The second-order valence-electron chi connectivity index (χ2n) is 4.48. The van der Waals surface area contributed by atoms with Crippen LogP contribution in [0.1, 0.15) is 32.4 Å². The molecule has 0 radical (unpaired) electrons. The Morgan fingerprint density at radius 2 is 2.21 bits per heavy atom. The van der Waals surface area contributed by atoms with Crippen molar-refractivity contribution in [3.05, 3.63) is 18.2 Å². The van der Waals surface area contributed by atoms with E-state index in [0.717, 1.165) is 12.8 Å². The van der Waals surface area contributed by atoms with Gasteiger partial charge in [-0.05, 0) is 13.3 Å². The molecule has 0 spiro atoms. The van der Waals surface area contributed by atoms with E-state index in [-0.39, 0.29) is 12.5 Å². The lowest BCUT2D eigenvalue weighted by Crippen LogP contribution is -2.49. The molecule has 1 heterocycles. The normalized spacial score (nSPS) is 13.6. The fraction of sp³-hybridized carbons (Fsp3) is 0.583. The molecular formula is C12H20N4O3. The van der Waals surface area contributed by atoms with Crippen molar-refractivity contribution < 1.29 is 14.7 Å². The maximum atomic E-state index is 11.7. The predicted octanol–water partition coefficient (Wildman–Crippen LogP) is 0.893. The van der Waals surface area contributed by atoms with Crippen molar-refractivity contribution in [1.29, 1.82) is 0 Å². The minimum absolute atomic E-state index is 0.0200. The van der Waals surface area contributed by atoms with Crippen molar-refractivity contribution in [2.24, 2.45) is 0 Å². The number of carboxylic acids is 1. The minimum atomic E-state index is -1.08. The first-order valence-electron chi connectivity index (χ1n) is 6.30. The molecule has 0 saturated carbocycles. The van der Waals surface area contributed by atoms with Gasteiger partial charge >= 0.3 is 12.0 Å². The molecule has 4 N–H and O–H groups in total. The molecule has 1 rings (SSSR count). The molecule has 7 nitrogen and oxygen atoms in total. The number of aliphatic carboxylic acids is 1. The van der Waals surface area contributed by atoms with E-state index < -0.39 is 18.0 Å². The van der Waals surface area contributed by atoms with Crippen LogP contribution in [0.25, 0.3) is 0 Å². The summed E-state index contributed by atoms with van der Waals surface area (Å²) in [5.74, 6) is -1.08. The third-order valence-corrected chi connectivity index (χ3v) is 2.68. The lowest BCUT2D eigenvalue weighted by atomic mass is 10.1. The van der Waals surface area contributed by atoms with E-state index in [0.29, 0.717) is 5.69 Å². The van der Waals surface area contributed by atoms with Gasteiger partial charge in [0.1, 0.15) is 6.04 Å². The summed E-state index contributed by atoms with van der Waals surface area (Å²) in [6.07, 6.45) is 4.99. The fourth-order valence-electron chi connectivity index (χ4n) is 1.75. The number of amides is 2. The molecule has 106 valence electrons. The van der Waals surface area contributed by atoms with E-state index in [1.807, 2.05) is 13.8 Å². The van der Waals surface area contributed by atoms with Gasteiger partial charge in [-0.2, -0.15) is 0 Å². The zero-order valence-corrected chi connectivity index (χ0v) is 11.1. The van der Waals surface area contributed by atoms with Crippen LogP contribution in [0, 0.1) is 0 Å². The summed E-state index contributed by atoms with van der Waals surface area (Å²) >= 11 is 0. The van der Waals surface area contributed by atoms with Crippen LogP contribution in [0.3, 0.4) is 0 Å². The lowest BCUT2D eigenvalue weighted by molar-refractivity contribution is -0.139. The van der Waals surface area contributed by atoms with E-state index in [1.165, 1.54) is 12.5 Å². The van der Waals surface area contributed by atoms with Crippen molar-refractivity contribution in [3.8, 4) is 0 Å². The summed E-state index contributed by atoms with van der Waals surface area (Å²) in [4.78, 5) is 29.4. The van der Waals surface area contributed by atoms with E-state index in [1.54, 1.807) is 0 Å². The predicted molar refractivity (Wildman–Crippen MR) is 69.8 cm³/mol. The van der Waals surface area contributed by atoms with E-state index in [4.69, 9.17) is 5.11 Å². The van der Waals surface area contributed by atoms with Gasteiger partial charge in [0, 0.05) is 24.4 Å². The number of rotatable bonds is 7. The molecule has 1 aromatic heterocycles. The Hall–Kier alpha value is -2.05. The Morgan fingerprint density at radius 3 is 2.74 bits per heavy atom. The summed E-state index contributed by atoms with van der Waals surface area (Å²) in [7, 11) is 0. The molecule has 0 saturated heterocycles. The van der Waals surface area contributed by atoms with Gasteiger partial charge in [-0.25, -0.2) is 14.6 Å². The second kappa shape index (κ2) is 7.40. The maximum absolute atomic E-state index is 11.7. The van der Waals surface area contributed by atoms with Crippen LogP contribution in [-0.2, 0) is 11.2 Å². The molecule has 7 heteroatoms. The van der Waals surface area contributed by atoms with Crippen LogP contribution < -0.4 is 10.6 Å². The van der Waals surface area contributed by atoms with Crippen molar-refractivity contribution >= 4 is 12.0 Å². The number of nitrogens with one attached hydrogen (secondary N) is 3. The van der Waals surface area contributed by atoms with E-state index >= 15 is 0 Å². The molecule has 1 unspecified atom stereocenters. The average molecular weight is 268 g/mol. The molecule has 1 aromatic rings. The number of aromatic nitrogens is 2. The summed E-state index contributed by atoms with van der Waals surface area (Å²) < 4.78 is 0. The Labute approximate surface area is 111 Å². The van der Waals surface area contributed by atoms with Crippen LogP contribution in [-0.4, -0.2) is 39.2 Å². The molecule has 0 bridgehead atoms. The number of hydrogen-bond donors (Lipinski definition) is 4. The number of H-pyrrole nitrogens is 1. The van der Waals surface area contributed by atoms with Crippen LogP contribution in [0.2, 0.25) is 0 Å². The third kappa shape index (κ3) is 5.41. The highest BCUT2D eigenvalue weighted by Crippen LogP contribution is 1.99. The van der Waals surface area contributed by atoms with E-state index in [9.17, 15) is 9.59 Å². The topological polar surface area (TPSA) is 107 Å². The number of imidazole rings is 1. The second-order valence-corrected chi connectivity index (χ2v) is 4.48. The first kappa shape index (κ1) is 15.0. The largest absolute Gasteiger partial charge is 0.480 e. The quantitative estimate of drug-likeness (QED) is 0.589. The van der Waals surface area contributed by atoms with Gasteiger partial charge in [-0.1, -0.05) is 13.3 Å². The van der Waals surface area contributed by atoms with Crippen molar-refractivity contribution in [2.45, 2.75) is 45.2 Å². The number of nitrogens with zero attached hydrogens (tertiary/aromatic N) is 1. The van der Waals surface area contributed by atoms with Gasteiger partial charge in [0.25, 0.3) is 0 Å². The Bertz CT molecular complexity index is 405. The molecule has 19 heavy (non-hydrogen) atoms. The summed E-state index contributed by atoms with van der Waals surface area (Å²) in [6, 6.07) is -1.42. The number of carbonyl (C=O) groups excluding carboxylic acids is 1.